The highest BCUT2D eigenvalue weighted by Crippen LogP contribution is 2.29. The van der Waals surface area contributed by atoms with E-state index in [4.69, 9.17) is 11.6 Å². The minimum atomic E-state index is 0.394. The molecule has 0 radical (unpaired) electrons. The van der Waals surface area contributed by atoms with Crippen molar-refractivity contribution in [3.63, 3.8) is 0 Å². The minimum absolute atomic E-state index is 0.394. The average Bonchev–Trinajstić information content (AvgIpc) is 3.32. The number of hydrogen-bond acceptors (Lipinski definition) is 6. The van der Waals surface area contributed by atoms with Gasteiger partial charge in [0.25, 0.3) is 0 Å². The first-order valence-corrected chi connectivity index (χ1v) is 10.1. The zero-order valence-electron chi connectivity index (χ0n) is 13.6. The molecule has 130 valence electrons. The summed E-state index contributed by atoms with van der Waals surface area (Å²) in [5.41, 5.74) is 2.06. The third-order valence-electron chi connectivity index (χ3n) is 3.66. The quantitative estimate of drug-likeness (QED) is 0.436. The SMILES string of the molecule is Clc1cnc(CSc2nnc(-c3cccs3)n2Cc2ccccc2)cn1. The van der Waals surface area contributed by atoms with Crippen molar-refractivity contribution in [2.24, 2.45) is 0 Å². The third-order valence-corrected chi connectivity index (χ3v) is 5.73. The monoisotopic (exact) mass is 399 g/mol. The maximum atomic E-state index is 5.80. The van der Waals surface area contributed by atoms with E-state index in [0.29, 0.717) is 10.9 Å². The molecule has 1 aromatic carbocycles. The van der Waals surface area contributed by atoms with Crippen LogP contribution in [0.25, 0.3) is 10.7 Å². The first kappa shape index (κ1) is 17.2. The van der Waals surface area contributed by atoms with Crippen molar-refractivity contribution < 1.29 is 0 Å². The van der Waals surface area contributed by atoms with Crippen molar-refractivity contribution in [1.82, 2.24) is 24.7 Å². The number of thiophene rings is 1. The van der Waals surface area contributed by atoms with Gasteiger partial charge in [0.1, 0.15) is 5.15 Å². The van der Waals surface area contributed by atoms with Crippen molar-refractivity contribution in [3.05, 3.63) is 76.6 Å². The van der Waals surface area contributed by atoms with Crippen LogP contribution in [0.5, 0.6) is 0 Å². The van der Waals surface area contributed by atoms with E-state index in [1.807, 2.05) is 29.6 Å². The van der Waals surface area contributed by atoms with E-state index in [1.54, 1.807) is 35.5 Å². The van der Waals surface area contributed by atoms with Crippen molar-refractivity contribution >= 4 is 34.7 Å². The molecule has 3 heterocycles. The molecular weight excluding hydrogens is 386 g/mol. The lowest BCUT2D eigenvalue weighted by atomic mass is 10.2. The summed E-state index contributed by atoms with van der Waals surface area (Å²) in [6.07, 6.45) is 3.25. The average molecular weight is 400 g/mol. The van der Waals surface area contributed by atoms with E-state index >= 15 is 0 Å². The molecule has 5 nitrogen and oxygen atoms in total. The summed E-state index contributed by atoms with van der Waals surface area (Å²) in [5.74, 6) is 1.54. The lowest BCUT2D eigenvalue weighted by Gasteiger charge is -2.09. The predicted octanol–water partition coefficient (Wildman–Crippen LogP) is 4.79. The standard InChI is InChI=1S/C18H14ClN5S2/c19-16-10-20-14(9-21-16)12-26-18-23-22-17(15-7-4-8-25-15)24(18)11-13-5-2-1-3-6-13/h1-10H,11-12H2. The van der Waals surface area contributed by atoms with Gasteiger partial charge in [0.05, 0.1) is 29.5 Å². The first-order valence-electron chi connectivity index (χ1n) is 7.90. The number of hydrogen-bond donors (Lipinski definition) is 0. The Morgan fingerprint density at radius 1 is 1.00 bits per heavy atom. The number of rotatable bonds is 6. The highest BCUT2D eigenvalue weighted by Gasteiger charge is 2.16. The molecule has 8 heteroatoms. The van der Waals surface area contributed by atoms with E-state index < -0.39 is 0 Å². The van der Waals surface area contributed by atoms with Crippen LogP contribution in [0.1, 0.15) is 11.3 Å². The molecule has 0 atom stereocenters. The number of halogens is 1. The molecule has 26 heavy (non-hydrogen) atoms. The molecule has 0 bridgehead atoms. The van der Waals surface area contributed by atoms with Crippen molar-refractivity contribution in [3.8, 4) is 10.7 Å². The molecule has 0 saturated heterocycles. The molecule has 0 aliphatic heterocycles. The Bertz CT molecular complexity index is 969. The molecule has 0 fully saturated rings. The highest BCUT2D eigenvalue weighted by atomic mass is 35.5. The van der Waals surface area contributed by atoms with Crippen LogP contribution >= 0.6 is 34.7 Å². The van der Waals surface area contributed by atoms with Crippen molar-refractivity contribution in [1.29, 1.82) is 0 Å². The van der Waals surface area contributed by atoms with Gasteiger partial charge < -0.3 is 0 Å². The molecular formula is C18H14ClN5S2. The fraction of sp³-hybridized carbons (Fsp3) is 0.111. The Morgan fingerprint density at radius 2 is 1.88 bits per heavy atom. The number of aromatic nitrogens is 5. The Balaban J connectivity index is 1.62. The van der Waals surface area contributed by atoms with Gasteiger partial charge in [-0.05, 0) is 17.0 Å². The molecule has 0 aliphatic rings. The number of benzene rings is 1. The molecule has 0 aliphatic carbocycles. The molecule has 0 amide bonds. The zero-order valence-corrected chi connectivity index (χ0v) is 16.0. The van der Waals surface area contributed by atoms with Gasteiger partial charge in [-0.25, -0.2) is 4.98 Å². The fourth-order valence-corrected chi connectivity index (χ4v) is 4.09. The largest absolute Gasteiger partial charge is 0.297 e. The van der Waals surface area contributed by atoms with Gasteiger partial charge in [-0.1, -0.05) is 59.8 Å². The summed E-state index contributed by atoms with van der Waals surface area (Å²) >= 11 is 9.05. The smallest absolute Gasteiger partial charge is 0.192 e. The predicted molar refractivity (Wildman–Crippen MR) is 105 cm³/mol. The van der Waals surface area contributed by atoms with Crippen LogP contribution in [-0.2, 0) is 12.3 Å². The first-order chi connectivity index (χ1) is 12.8. The molecule has 0 saturated carbocycles. The molecule has 0 N–H and O–H groups in total. The van der Waals surface area contributed by atoms with Crippen LogP contribution in [0.3, 0.4) is 0 Å². The molecule has 3 aromatic heterocycles. The summed E-state index contributed by atoms with van der Waals surface area (Å²) in [4.78, 5) is 9.47. The Morgan fingerprint density at radius 3 is 2.62 bits per heavy atom. The van der Waals surface area contributed by atoms with Crippen molar-refractivity contribution in [2.75, 3.05) is 0 Å². The van der Waals surface area contributed by atoms with Gasteiger partial charge >= 0.3 is 0 Å². The summed E-state index contributed by atoms with van der Waals surface area (Å²) in [6.45, 7) is 0.718. The zero-order chi connectivity index (χ0) is 17.8. The maximum absolute atomic E-state index is 5.80. The van der Waals surface area contributed by atoms with Gasteiger partial charge in [0, 0.05) is 5.75 Å². The van der Waals surface area contributed by atoms with Gasteiger partial charge in [-0.15, -0.1) is 21.5 Å². The Hall–Kier alpha value is -2.22. The Kier molecular flexibility index (Phi) is 5.29. The van der Waals surface area contributed by atoms with E-state index in [2.05, 4.69) is 42.9 Å². The minimum Gasteiger partial charge on any atom is -0.297 e. The van der Waals surface area contributed by atoms with Gasteiger partial charge in [0.15, 0.2) is 11.0 Å². The molecule has 0 spiro atoms. The van der Waals surface area contributed by atoms with Crippen molar-refractivity contribution in [2.45, 2.75) is 17.5 Å². The Labute approximate surface area is 164 Å². The summed E-state index contributed by atoms with van der Waals surface area (Å²) in [5, 5.41) is 12.1. The summed E-state index contributed by atoms with van der Waals surface area (Å²) < 4.78 is 2.15. The van der Waals surface area contributed by atoms with Crippen LogP contribution in [0.15, 0.2) is 65.4 Å². The van der Waals surface area contributed by atoms with Crippen LogP contribution in [-0.4, -0.2) is 24.7 Å². The molecule has 4 aromatic rings. The highest BCUT2D eigenvalue weighted by molar-refractivity contribution is 7.98. The van der Waals surface area contributed by atoms with E-state index in [-0.39, 0.29) is 0 Å². The second-order valence-corrected chi connectivity index (χ2v) is 7.75. The van der Waals surface area contributed by atoms with Crippen LogP contribution in [0.2, 0.25) is 5.15 Å². The number of nitrogens with zero attached hydrogens (tertiary/aromatic N) is 5. The second-order valence-electron chi connectivity index (χ2n) is 5.47. The third kappa shape index (κ3) is 3.95. The van der Waals surface area contributed by atoms with E-state index in [9.17, 15) is 0 Å². The fourth-order valence-electron chi connectivity index (χ4n) is 2.44. The van der Waals surface area contributed by atoms with E-state index in [0.717, 1.165) is 28.1 Å². The summed E-state index contributed by atoms with van der Waals surface area (Å²) in [7, 11) is 0. The lowest BCUT2D eigenvalue weighted by Crippen LogP contribution is -2.03. The molecule has 4 rings (SSSR count). The van der Waals surface area contributed by atoms with Gasteiger partial charge in [0.2, 0.25) is 0 Å². The second kappa shape index (κ2) is 7.99. The van der Waals surface area contributed by atoms with E-state index in [1.165, 1.54) is 5.56 Å². The summed E-state index contributed by atoms with van der Waals surface area (Å²) in [6, 6.07) is 14.4. The lowest BCUT2D eigenvalue weighted by molar-refractivity contribution is 0.715. The number of thioether (sulfide) groups is 1. The van der Waals surface area contributed by atoms with Crippen LogP contribution < -0.4 is 0 Å². The normalized spacial score (nSPS) is 11.0. The van der Waals surface area contributed by atoms with Gasteiger partial charge in [-0.2, -0.15) is 0 Å². The topological polar surface area (TPSA) is 56.5 Å². The maximum Gasteiger partial charge on any atom is 0.192 e. The molecule has 0 unspecified atom stereocenters. The van der Waals surface area contributed by atoms with Crippen LogP contribution in [0, 0.1) is 0 Å². The van der Waals surface area contributed by atoms with Crippen LogP contribution in [0.4, 0.5) is 0 Å². The van der Waals surface area contributed by atoms with Gasteiger partial charge in [-0.3, -0.25) is 9.55 Å².